The molecule has 1 N–H and O–H groups in total. The minimum atomic E-state index is -4.09. The number of carbonyl (C=O) groups is 1. The van der Waals surface area contributed by atoms with Crippen LogP contribution in [0.3, 0.4) is 0 Å². The molecule has 0 unspecified atom stereocenters. The second kappa shape index (κ2) is 10.7. The number of fused-ring (bicyclic) bond motifs is 1. The fraction of sp³-hybridized carbons (Fsp3) is 0.296. The zero-order chi connectivity index (χ0) is 25.9. The summed E-state index contributed by atoms with van der Waals surface area (Å²) >= 11 is 12.1. The van der Waals surface area contributed by atoms with Gasteiger partial charge in [0.05, 0.1) is 16.6 Å². The number of sulfonamides is 1. The van der Waals surface area contributed by atoms with Crippen LogP contribution in [0.2, 0.25) is 10.0 Å². The zero-order valence-corrected chi connectivity index (χ0v) is 22.4. The third-order valence-electron chi connectivity index (χ3n) is 6.61. The predicted molar refractivity (Wildman–Crippen MR) is 143 cm³/mol. The Bertz CT molecular complexity index is 1340. The third kappa shape index (κ3) is 5.48. The summed E-state index contributed by atoms with van der Waals surface area (Å²) in [6, 6.07) is 19.6. The number of para-hydroxylation sites is 1. The lowest BCUT2D eigenvalue weighted by Crippen LogP contribution is -2.47. The summed E-state index contributed by atoms with van der Waals surface area (Å²) in [4.78, 5) is 13.4. The first-order valence-electron chi connectivity index (χ1n) is 11.8. The van der Waals surface area contributed by atoms with Crippen molar-refractivity contribution in [2.45, 2.75) is 49.6 Å². The van der Waals surface area contributed by atoms with Crippen molar-refractivity contribution >= 4 is 44.8 Å². The van der Waals surface area contributed by atoms with Gasteiger partial charge in [0, 0.05) is 22.0 Å². The summed E-state index contributed by atoms with van der Waals surface area (Å²) in [5, 5.41) is 3.84. The van der Waals surface area contributed by atoms with Crippen molar-refractivity contribution in [2.75, 3.05) is 10.8 Å². The Kier molecular flexibility index (Phi) is 7.83. The molecule has 0 bridgehead atoms. The molecule has 1 atom stereocenters. The molecule has 0 fully saturated rings. The number of halogens is 2. The van der Waals surface area contributed by atoms with Crippen LogP contribution >= 0.6 is 23.2 Å². The molecule has 190 valence electrons. The maximum atomic E-state index is 13.6. The number of nitrogens with one attached hydrogen (secondary N) is 1. The van der Waals surface area contributed by atoms with E-state index in [1.165, 1.54) is 30.3 Å². The summed E-state index contributed by atoms with van der Waals surface area (Å²) in [5.41, 5.74) is 0.753. The zero-order valence-electron chi connectivity index (χ0n) is 20.1. The van der Waals surface area contributed by atoms with E-state index in [2.05, 4.69) is 19.2 Å². The quantitative estimate of drug-likeness (QED) is 0.355. The molecule has 0 radical (unpaired) electrons. The van der Waals surface area contributed by atoms with Crippen LogP contribution in [0.25, 0.3) is 0 Å². The third-order valence-corrected chi connectivity index (χ3v) is 8.88. The molecule has 3 aromatic carbocycles. The monoisotopic (exact) mass is 546 g/mol. The molecule has 0 aromatic heterocycles. The van der Waals surface area contributed by atoms with Crippen molar-refractivity contribution in [2.24, 2.45) is 0 Å². The predicted octanol–water partition coefficient (Wildman–Crippen LogP) is 6.39. The van der Waals surface area contributed by atoms with Crippen LogP contribution < -0.4 is 14.4 Å². The maximum absolute atomic E-state index is 13.6. The van der Waals surface area contributed by atoms with Crippen LogP contribution in [-0.4, -0.2) is 26.5 Å². The lowest BCUT2D eigenvalue weighted by molar-refractivity contribution is -0.121. The van der Waals surface area contributed by atoms with E-state index >= 15 is 0 Å². The standard InChI is InChI=1S/C27H28Cl2N2O4S/c1-3-27(4-2)17-24(23-10-5-6-11-25(23)35-27)30-26(32)18-31(21-9-7-8-20(29)16-21)36(33,34)22-14-12-19(28)13-15-22/h5-16,24H,3-4,17-18H2,1-2H3,(H,30,32)/t24-/m1/s1. The minimum Gasteiger partial charge on any atom is -0.487 e. The van der Waals surface area contributed by atoms with E-state index in [0.29, 0.717) is 16.5 Å². The van der Waals surface area contributed by atoms with Crippen molar-refractivity contribution in [1.29, 1.82) is 0 Å². The van der Waals surface area contributed by atoms with Gasteiger partial charge in [0.2, 0.25) is 5.91 Å². The van der Waals surface area contributed by atoms with Crippen molar-refractivity contribution in [3.05, 3.63) is 88.4 Å². The van der Waals surface area contributed by atoms with Crippen molar-refractivity contribution in [1.82, 2.24) is 5.32 Å². The average Bonchev–Trinajstić information content (AvgIpc) is 2.87. The Balaban J connectivity index is 1.65. The molecule has 0 saturated carbocycles. The first-order chi connectivity index (χ1) is 17.2. The molecule has 4 rings (SSSR count). The number of hydrogen-bond acceptors (Lipinski definition) is 4. The Morgan fingerprint density at radius 3 is 2.36 bits per heavy atom. The SMILES string of the molecule is CCC1(CC)C[C@@H](NC(=O)CN(c2cccc(Cl)c2)S(=O)(=O)c2ccc(Cl)cc2)c2ccccc2O1. The molecule has 1 amide bonds. The van der Waals surface area contributed by atoms with Gasteiger partial charge >= 0.3 is 0 Å². The van der Waals surface area contributed by atoms with Gasteiger partial charge in [0.1, 0.15) is 17.9 Å². The number of anilines is 1. The molecule has 36 heavy (non-hydrogen) atoms. The fourth-order valence-corrected chi connectivity index (χ4v) is 6.20. The van der Waals surface area contributed by atoms with E-state index in [-0.39, 0.29) is 16.6 Å². The number of nitrogens with zero attached hydrogens (tertiary/aromatic N) is 1. The summed E-state index contributed by atoms with van der Waals surface area (Å²) in [6.45, 7) is 3.71. The van der Waals surface area contributed by atoms with Gasteiger partial charge < -0.3 is 10.1 Å². The van der Waals surface area contributed by atoms with Gasteiger partial charge in [-0.05, 0) is 61.4 Å². The maximum Gasteiger partial charge on any atom is 0.264 e. The smallest absolute Gasteiger partial charge is 0.264 e. The van der Waals surface area contributed by atoms with Crippen molar-refractivity contribution in [3.63, 3.8) is 0 Å². The van der Waals surface area contributed by atoms with E-state index < -0.39 is 28.1 Å². The molecule has 0 saturated heterocycles. The van der Waals surface area contributed by atoms with Gasteiger partial charge in [-0.3, -0.25) is 9.10 Å². The number of ether oxygens (including phenoxy) is 1. The van der Waals surface area contributed by atoms with Gasteiger partial charge in [-0.2, -0.15) is 0 Å². The highest BCUT2D eigenvalue weighted by Gasteiger charge is 2.39. The fourth-order valence-electron chi connectivity index (χ4n) is 4.48. The Labute approximate surface area is 222 Å². The number of hydrogen-bond donors (Lipinski definition) is 1. The molecule has 1 aliphatic rings. The second-order valence-corrected chi connectivity index (χ2v) is 11.5. The summed E-state index contributed by atoms with van der Waals surface area (Å²) in [5.74, 6) is 0.300. The van der Waals surface area contributed by atoms with E-state index in [1.54, 1.807) is 18.2 Å². The number of carbonyl (C=O) groups excluding carboxylic acids is 1. The summed E-state index contributed by atoms with van der Waals surface area (Å²) < 4.78 is 34.6. The van der Waals surface area contributed by atoms with Gasteiger partial charge in [-0.25, -0.2) is 8.42 Å². The lowest BCUT2D eigenvalue weighted by atomic mass is 9.83. The number of amides is 1. The molecule has 0 spiro atoms. The van der Waals surface area contributed by atoms with E-state index in [9.17, 15) is 13.2 Å². The normalized spacial score (nSPS) is 16.5. The van der Waals surface area contributed by atoms with Crippen LogP contribution in [0.15, 0.2) is 77.7 Å². The molecule has 0 aliphatic carbocycles. The minimum absolute atomic E-state index is 0.0204. The summed E-state index contributed by atoms with van der Waals surface area (Å²) in [6.07, 6.45) is 2.15. The van der Waals surface area contributed by atoms with Crippen molar-refractivity contribution < 1.29 is 17.9 Å². The lowest BCUT2D eigenvalue weighted by Gasteiger charge is -2.41. The molecular weight excluding hydrogens is 519 g/mol. The highest BCUT2D eigenvalue weighted by molar-refractivity contribution is 7.92. The van der Waals surface area contributed by atoms with Gasteiger partial charge in [0.15, 0.2) is 0 Å². The average molecular weight is 548 g/mol. The highest BCUT2D eigenvalue weighted by atomic mass is 35.5. The van der Waals surface area contributed by atoms with Gasteiger partial charge in [0.25, 0.3) is 10.0 Å². The molecule has 1 heterocycles. The molecule has 9 heteroatoms. The molecule has 6 nitrogen and oxygen atoms in total. The first-order valence-corrected chi connectivity index (χ1v) is 14.0. The number of rotatable bonds is 8. The Morgan fingerprint density at radius 2 is 1.69 bits per heavy atom. The highest BCUT2D eigenvalue weighted by Crippen LogP contribution is 2.42. The van der Waals surface area contributed by atoms with Crippen molar-refractivity contribution in [3.8, 4) is 5.75 Å². The Morgan fingerprint density at radius 1 is 1.00 bits per heavy atom. The molecular formula is C27H28Cl2N2O4S. The van der Waals surface area contributed by atoms with E-state index in [1.807, 2.05) is 24.3 Å². The molecule has 1 aliphatic heterocycles. The van der Waals surface area contributed by atoms with Crippen LogP contribution in [-0.2, 0) is 14.8 Å². The van der Waals surface area contributed by atoms with E-state index in [0.717, 1.165) is 28.5 Å². The largest absolute Gasteiger partial charge is 0.487 e. The van der Waals surface area contributed by atoms with Crippen LogP contribution in [0.5, 0.6) is 5.75 Å². The van der Waals surface area contributed by atoms with Gasteiger partial charge in [-0.15, -0.1) is 0 Å². The van der Waals surface area contributed by atoms with Crippen LogP contribution in [0, 0.1) is 0 Å². The van der Waals surface area contributed by atoms with Crippen LogP contribution in [0.1, 0.15) is 44.7 Å². The second-order valence-electron chi connectivity index (χ2n) is 8.80. The Hall–Kier alpha value is -2.74. The van der Waals surface area contributed by atoms with E-state index in [4.69, 9.17) is 27.9 Å². The number of benzene rings is 3. The molecule has 3 aromatic rings. The topological polar surface area (TPSA) is 75.7 Å². The summed E-state index contributed by atoms with van der Waals surface area (Å²) in [7, 11) is -4.09. The first kappa shape index (κ1) is 26.3. The van der Waals surface area contributed by atoms with Crippen LogP contribution in [0.4, 0.5) is 5.69 Å². The van der Waals surface area contributed by atoms with Gasteiger partial charge in [-0.1, -0.05) is 61.3 Å².